The number of para-hydroxylation sites is 1. The van der Waals surface area contributed by atoms with Crippen LogP contribution in [-0.4, -0.2) is 17.6 Å². The van der Waals surface area contributed by atoms with Crippen LogP contribution in [0.3, 0.4) is 0 Å². The second-order valence-corrected chi connectivity index (χ2v) is 6.14. The summed E-state index contributed by atoms with van der Waals surface area (Å²) in [5.74, 6) is 1.02. The molecular formula is C14H16N2OS. The van der Waals surface area contributed by atoms with E-state index in [-0.39, 0.29) is 5.60 Å². The molecule has 0 spiro atoms. The highest BCUT2D eigenvalue weighted by molar-refractivity contribution is 7.18. The van der Waals surface area contributed by atoms with Crippen LogP contribution in [-0.2, 0) is 6.42 Å². The molecule has 1 aliphatic heterocycles. The Labute approximate surface area is 111 Å². The predicted octanol–water partition coefficient (Wildman–Crippen LogP) is 3.57. The van der Waals surface area contributed by atoms with Gasteiger partial charge in [0.1, 0.15) is 11.4 Å². The highest BCUT2D eigenvalue weighted by Gasteiger charge is 2.32. The summed E-state index contributed by atoms with van der Waals surface area (Å²) >= 11 is 1.65. The van der Waals surface area contributed by atoms with Crippen molar-refractivity contribution in [2.24, 2.45) is 0 Å². The summed E-state index contributed by atoms with van der Waals surface area (Å²) < 4.78 is 6.08. The number of benzene rings is 1. The van der Waals surface area contributed by atoms with Gasteiger partial charge in [-0.15, -0.1) is 0 Å². The number of ether oxygens (including phenoxy) is 1. The third-order valence-corrected chi connectivity index (χ3v) is 4.12. The van der Waals surface area contributed by atoms with Gasteiger partial charge in [-0.1, -0.05) is 23.5 Å². The molecule has 0 bridgehead atoms. The van der Waals surface area contributed by atoms with Crippen molar-refractivity contribution in [3.8, 4) is 16.2 Å². The van der Waals surface area contributed by atoms with Crippen molar-refractivity contribution in [3.63, 3.8) is 0 Å². The number of anilines is 1. The highest BCUT2D eigenvalue weighted by Crippen LogP contribution is 2.44. The van der Waals surface area contributed by atoms with Crippen LogP contribution < -0.4 is 10.1 Å². The van der Waals surface area contributed by atoms with Gasteiger partial charge in [0.15, 0.2) is 5.13 Å². The van der Waals surface area contributed by atoms with Gasteiger partial charge in [-0.25, -0.2) is 4.98 Å². The smallest absolute Gasteiger partial charge is 0.182 e. The molecule has 4 heteroatoms. The molecule has 0 fully saturated rings. The molecule has 0 saturated heterocycles. The lowest BCUT2D eigenvalue weighted by Crippen LogP contribution is -2.24. The van der Waals surface area contributed by atoms with Crippen molar-refractivity contribution in [2.75, 3.05) is 12.4 Å². The Hall–Kier alpha value is -1.55. The van der Waals surface area contributed by atoms with Crippen LogP contribution in [0.4, 0.5) is 5.13 Å². The van der Waals surface area contributed by atoms with Crippen molar-refractivity contribution < 1.29 is 4.74 Å². The van der Waals surface area contributed by atoms with E-state index >= 15 is 0 Å². The molecule has 18 heavy (non-hydrogen) atoms. The molecule has 3 rings (SSSR count). The molecule has 0 unspecified atom stereocenters. The average molecular weight is 260 g/mol. The van der Waals surface area contributed by atoms with Crippen molar-refractivity contribution >= 4 is 16.5 Å². The van der Waals surface area contributed by atoms with E-state index in [2.05, 4.69) is 42.3 Å². The maximum atomic E-state index is 6.08. The molecule has 3 nitrogen and oxygen atoms in total. The summed E-state index contributed by atoms with van der Waals surface area (Å²) in [6, 6.07) is 6.35. The van der Waals surface area contributed by atoms with Crippen molar-refractivity contribution in [3.05, 3.63) is 30.0 Å². The lowest BCUT2D eigenvalue weighted by Gasteiger charge is -2.17. The third-order valence-electron chi connectivity index (χ3n) is 3.08. The first-order chi connectivity index (χ1) is 8.59. The van der Waals surface area contributed by atoms with E-state index in [4.69, 9.17) is 4.74 Å². The molecular weight excluding hydrogens is 244 g/mol. The Morgan fingerprint density at radius 1 is 1.39 bits per heavy atom. The van der Waals surface area contributed by atoms with Gasteiger partial charge in [-0.05, 0) is 25.5 Å². The first-order valence-electron chi connectivity index (χ1n) is 6.04. The quantitative estimate of drug-likeness (QED) is 0.896. The number of hydrogen-bond acceptors (Lipinski definition) is 4. The number of thiazole rings is 1. The number of rotatable bonds is 2. The van der Waals surface area contributed by atoms with Crippen LogP contribution in [0.25, 0.3) is 10.4 Å². The van der Waals surface area contributed by atoms with E-state index in [1.54, 1.807) is 11.3 Å². The zero-order chi connectivity index (χ0) is 12.8. The summed E-state index contributed by atoms with van der Waals surface area (Å²) in [7, 11) is 1.89. The normalized spacial score (nSPS) is 16.2. The Morgan fingerprint density at radius 3 is 2.94 bits per heavy atom. The molecule has 1 aromatic carbocycles. The van der Waals surface area contributed by atoms with E-state index < -0.39 is 0 Å². The van der Waals surface area contributed by atoms with Crippen molar-refractivity contribution in [2.45, 2.75) is 25.9 Å². The highest BCUT2D eigenvalue weighted by atomic mass is 32.1. The minimum absolute atomic E-state index is 0.102. The van der Waals surface area contributed by atoms with E-state index in [0.717, 1.165) is 27.7 Å². The zero-order valence-corrected chi connectivity index (χ0v) is 11.6. The second kappa shape index (κ2) is 3.99. The molecule has 0 saturated carbocycles. The SMILES string of the molecule is CNc1ncc(-c2cccc3c2OC(C)(C)C3)s1. The Bertz CT molecular complexity index is 589. The van der Waals surface area contributed by atoms with Crippen LogP contribution in [0.2, 0.25) is 0 Å². The monoisotopic (exact) mass is 260 g/mol. The number of nitrogens with one attached hydrogen (secondary N) is 1. The van der Waals surface area contributed by atoms with Gasteiger partial charge < -0.3 is 10.1 Å². The fourth-order valence-corrected chi connectivity index (χ4v) is 3.12. The number of aromatic nitrogens is 1. The first-order valence-corrected chi connectivity index (χ1v) is 6.85. The summed E-state index contributed by atoms with van der Waals surface area (Å²) in [6.07, 6.45) is 2.87. The van der Waals surface area contributed by atoms with E-state index in [1.807, 2.05) is 13.2 Å². The molecule has 0 amide bonds. The molecule has 1 aromatic heterocycles. The van der Waals surface area contributed by atoms with E-state index in [9.17, 15) is 0 Å². The summed E-state index contributed by atoms with van der Waals surface area (Å²) in [5, 5.41) is 4.00. The van der Waals surface area contributed by atoms with Crippen molar-refractivity contribution in [1.29, 1.82) is 0 Å². The fraction of sp³-hybridized carbons (Fsp3) is 0.357. The number of fused-ring (bicyclic) bond motifs is 1. The number of hydrogen-bond donors (Lipinski definition) is 1. The van der Waals surface area contributed by atoms with Crippen LogP contribution in [0.5, 0.6) is 5.75 Å². The zero-order valence-electron chi connectivity index (χ0n) is 10.8. The van der Waals surface area contributed by atoms with Crippen LogP contribution in [0, 0.1) is 0 Å². The minimum Gasteiger partial charge on any atom is -0.487 e. The van der Waals surface area contributed by atoms with Gasteiger partial charge in [-0.3, -0.25) is 0 Å². The molecule has 1 aliphatic rings. The summed E-state index contributed by atoms with van der Waals surface area (Å²) in [5.41, 5.74) is 2.34. The van der Waals surface area contributed by atoms with Gasteiger partial charge in [-0.2, -0.15) is 0 Å². The largest absolute Gasteiger partial charge is 0.487 e. The Morgan fingerprint density at radius 2 is 2.22 bits per heavy atom. The van der Waals surface area contributed by atoms with E-state index in [0.29, 0.717) is 0 Å². The van der Waals surface area contributed by atoms with Gasteiger partial charge in [0.05, 0.1) is 4.88 Å². The number of nitrogens with zero attached hydrogens (tertiary/aromatic N) is 1. The predicted molar refractivity (Wildman–Crippen MR) is 75.5 cm³/mol. The maximum absolute atomic E-state index is 6.08. The second-order valence-electron chi connectivity index (χ2n) is 5.11. The lowest BCUT2D eigenvalue weighted by atomic mass is 10.0. The molecule has 2 heterocycles. The molecule has 0 aliphatic carbocycles. The van der Waals surface area contributed by atoms with Gasteiger partial charge >= 0.3 is 0 Å². The Balaban J connectivity index is 2.07. The maximum Gasteiger partial charge on any atom is 0.182 e. The fourth-order valence-electron chi connectivity index (χ4n) is 2.32. The van der Waals surface area contributed by atoms with Crippen LogP contribution in [0.1, 0.15) is 19.4 Å². The van der Waals surface area contributed by atoms with Crippen LogP contribution in [0.15, 0.2) is 24.4 Å². The minimum atomic E-state index is -0.102. The molecule has 0 atom stereocenters. The van der Waals surface area contributed by atoms with Gasteiger partial charge in [0.2, 0.25) is 0 Å². The molecule has 0 radical (unpaired) electrons. The third kappa shape index (κ3) is 1.86. The Kier molecular flexibility index (Phi) is 2.55. The molecule has 2 aromatic rings. The molecule has 94 valence electrons. The topological polar surface area (TPSA) is 34.2 Å². The summed E-state index contributed by atoms with van der Waals surface area (Å²) in [6.45, 7) is 4.25. The lowest BCUT2D eigenvalue weighted by molar-refractivity contribution is 0.139. The van der Waals surface area contributed by atoms with Crippen LogP contribution >= 0.6 is 11.3 Å². The summed E-state index contributed by atoms with van der Waals surface area (Å²) in [4.78, 5) is 5.47. The van der Waals surface area contributed by atoms with Gasteiger partial charge in [0.25, 0.3) is 0 Å². The van der Waals surface area contributed by atoms with E-state index in [1.165, 1.54) is 5.56 Å². The standard InChI is InChI=1S/C14H16N2OS/c1-14(2)7-9-5-4-6-10(12(9)17-14)11-8-16-13(15-3)18-11/h4-6,8H,7H2,1-3H3,(H,15,16). The average Bonchev–Trinajstić information content (AvgIpc) is 2.89. The first kappa shape index (κ1) is 11.5. The molecule has 1 N–H and O–H groups in total. The van der Waals surface area contributed by atoms with Gasteiger partial charge in [0, 0.05) is 25.2 Å². The van der Waals surface area contributed by atoms with Crippen molar-refractivity contribution in [1.82, 2.24) is 4.98 Å².